The minimum atomic E-state index is 0.462. The summed E-state index contributed by atoms with van der Waals surface area (Å²) in [7, 11) is 3.40. The van der Waals surface area contributed by atoms with Crippen molar-refractivity contribution < 1.29 is 4.74 Å². The first-order valence-corrected chi connectivity index (χ1v) is 6.84. The first kappa shape index (κ1) is 15.6. The molecule has 0 saturated carbocycles. The molecule has 0 N–H and O–H groups in total. The third kappa shape index (κ3) is 4.37. The molecule has 2 aromatic rings. The van der Waals surface area contributed by atoms with Crippen molar-refractivity contribution in [2.75, 3.05) is 14.2 Å². The summed E-state index contributed by atoms with van der Waals surface area (Å²) >= 11 is 0. The van der Waals surface area contributed by atoms with E-state index in [4.69, 9.17) is 4.74 Å². The molecule has 1 heterocycles. The number of nitrogens with zero attached hydrogens (tertiary/aromatic N) is 5. The zero-order valence-electron chi connectivity index (χ0n) is 13.2. The number of methoxy groups -OCH3 is 1. The van der Waals surface area contributed by atoms with Crippen LogP contribution >= 0.6 is 0 Å². The van der Waals surface area contributed by atoms with E-state index >= 15 is 0 Å². The average molecular weight is 297 g/mol. The van der Waals surface area contributed by atoms with E-state index in [-0.39, 0.29) is 0 Å². The zero-order valence-corrected chi connectivity index (χ0v) is 13.2. The number of hydrogen-bond donors (Lipinski definition) is 0. The minimum Gasteiger partial charge on any atom is -0.480 e. The van der Waals surface area contributed by atoms with E-state index in [1.807, 2.05) is 26.1 Å². The summed E-state index contributed by atoms with van der Waals surface area (Å²) in [5.41, 5.74) is 3.31. The molecule has 22 heavy (non-hydrogen) atoms. The van der Waals surface area contributed by atoms with Gasteiger partial charge in [-0.2, -0.15) is 0 Å². The van der Waals surface area contributed by atoms with Crippen LogP contribution in [-0.4, -0.2) is 41.9 Å². The van der Waals surface area contributed by atoms with Crippen molar-refractivity contribution in [3.8, 4) is 5.88 Å². The zero-order chi connectivity index (χ0) is 15.9. The lowest BCUT2D eigenvalue weighted by atomic mass is 10.1. The second-order valence-electron chi connectivity index (χ2n) is 4.88. The molecule has 6 heteroatoms. The normalized spacial score (nSPS) is 11.3. The third-order valence-electron chi connectivity index (χ3n) is 2.94. The molecule has 6 nitrogen and oxygen atoms in total. The van der Waals surface area contributed by atoms with Crippen LogP contribution in [0.5, 0.6) is 5.88 Å². The molecule has 0 saturated heterocycles. The molecule has 2 rings (SSSR count). The SMILES string of the molecule is COc1ccc(/N=C/N(C)/C=N/c2ccc(C)cc2C)nn1. The Kier molecular flexibility index (Phi) is 5.19. The molecule has 0 fully saturated rings. The fourth-order valence-electron chi connectivity index (χ4n) is 1.77. The Balaban J connectivity index is 2.00. The van der Waals surface area contributed by atoms with Crippen LogP contribution < -0.4 is 4.74 Å². The van der Waals surface area contributed by atoms with Gasteiger partial charge >= 0.3 is 0 Å². The Morgan fingerprint density at radius 2 is 1.82 bits per heavy atom. The molecular weight excluding hydrogens is 278 g/mol. The number of aliphatic imine (C=N–C) groups is 2. The topological polar surface area (TPSA) is 63.0 Å². The second kappa shape index (κ2) is 7.31. The monoisotopic (exact) mass is 297 g/mol. The molecule has 0 bridgehead atoms. The van der Waals surface area contributed by atoms with Crippen molar-refractivity contribution >= 4 is 24.2 Å². The van der Waals surface area contributed by atoms with Crippen molar-refractivity contribution in [3.63, 3.8) is 0 Å². The summed E-state index contributed by atoms with van der Waals surface area (Å²) in [6.45, 7) is 4.11. The fourth-order valence-corrected chi connectivity index (χ4v) is 1.77. The highest BCUT2D eigenvalue weighted by Crippen LogP contribution is 2.18. The lowest BCUT2D eigenvalue weighted by molar-refractivity contribution is 0.392. The van der Waals surface area contributed by atoms with Gasteiger partial charge in [-0.15, -0.1) is 10.2 Å². The van der Waals surface area contributed by atoms with Crippen LogP contribution in [0.3, 0.4) is 0 Å². The molecule has 0 unspecified atom stereocenters. The molecule has 0 radical (unpaired) electrons. The summed E-state index contributed by atoms with van der Waals surface area (Å²) in [5.74, 6) is 0.969. The summed E-state index contributed by atoms with van der Waals surface area (Å²) in [4.78, 5) is 10.4. The molecule has 0 spiro atoms. The Morgan fingerprint density at radius 3 is 2.45 bits per heavy atom. The molecule has 1 aromatic heterocycles. The van der Waals surface area contributed by atoms with Gasteiger partial charge in [0.2, 0.25) is 5.88 Å². The summed E-state index contributed by atoms with van der Waals surface area (Å²) in [6.07, 6.45) is 3.33. The Morgan fingerprint density at radius 1 is 1.05 bits per heavy atom. The molecule has 1 aromatic carbocycles. The first-order chi connectivity index (χ1) is 10.6. The maximum atomic E-state index is 4.94. The van der Waals surface area contributed by atoms with Crippen LogP contribution in [0.1, 0.15) is 11.1 Å². The van der Waals surface area contributed by atoms with Gasteiger partial charge in [0.05, 0.1) is 25.5 Å². The Labute approximate surface area is 130 Å². The van der Waals surface area contributed by atoms with Crippen molar-refractivity contribution in [1.82, 2.24) is 15.1 Å². The maximum absolute atomic E-state index is 4.94. The van der Waals surface area contributed by atoms with E-state index in [9.17, 15) is 0 Å². The fraction of sp³-hybridized carbons (Fsp3) is 0.250. The van der Waals surface area contributed by atoms with Crippen LogP contribution in [-0.2, 0) is 0 Å². The largest absolute Gasteiger partial charge is 0.480 e. The quantitative estimate of drug-likeness (QED) is 0.628. The average Bonchev–Trinajstić information content (AvgIpc) is 2.52. The molecule has 0 amide bonds. The number of aryl methyl sites for hydroxylation is 2. The number of rotatable bonds is 5. The van der Waals surface area contributed by atoms with E-state index in [1.165, 1.54) is 5.56 Å². The molecule has 0 aliphatic carbocycles. The number of ether oxygens (including phenoxy) is 1. The van der Waals surface area contributed by atoms with Crippen LogP contribution in [0.4, 0.5) is 11.5 Å². The van der Waals surface area contributed by atoms with Crippen LogP contribution in [0.15, 0.2) is 40.3 Å². The summed E-state index contributed by atoms with van der Waals surface area (Å²) in [5, 5.41) is 7.77. The van der Waals surface area contributed by atoms with Crippen molar-refractivity contribution in [2.24, 2.45) is 9.98 Å². The number of aromatic nitrogens is 2. The standard InChI is InChI=1S/C16H19N5O/c1-12-5-6-14(13(2)9-12)17-10-21(3)11-18-15-7-8-16(22-4)20-19-15/h5-11H,1-4H3/b17-10+,18-11+. The molecule has 0 aliphatic heterocycles. The predicted octanol–water partition coefficient (Wildman–Crippen LogP) is 3.05. The Bertz CT molecular complexity index is 679. The second-order valence-corrected chi connectivity index (χ2v) is 4.88. The summed E-state index contributed by atoms with van der Waals surface area (Å²) in [6, 6.07) is 9.59. The lowest BCUT2D eigenvalue weighted by Gasteiger charge is -2.06. The van der Waals surface area contributed by atoms with Gasteiger partial charge in [0.25, 0.3) is 0 Å². The highest BCUT2D eigenvalue weighted by molar-refractivity contribution is 5.78. The van der Waals surface area contributed by atoms with Gasteiger partial charge in [0, 0.05) is 13.1 Å². The van der Waals surface area contributed by atoms with Crippen molar-refractivity contribution in [2.45, 2.75) is 13.8 Å². The Hall–Kier alpha value is -2.76. The van der Waals surface area contributed by atoms with Gasteiger partial charge in [0.1, 0.15) is 0 Å². The highest BCUT2D eigenvalue weighted by atomic mass is 16.5. The van der Waals surface area contributed by atoms with Crippen molar-refractivity contribution in [3.05, 3.63) is 41.5 Å². The van der Waals surface area contributed by atoms with E-state index in [2.05, 4.69) is 33.2 Å². The van der Waals surface area contributed by atoms with Crippen LogP contribution in [0, 0.1) is 13.8 Å². The summed E-state index contributed by atoms with van der Waals surface area (Å²) < 4.78 is 4.94. The van der Waals surface area contributed by atoms with E-state index in [0.29, 0.717) is 11.7 Å². The van der Waals surface area contributed by atoms with Gasteiger partial charge in [-0.1, -0.05) is 17.7 Å². The smallest absolute Gasteiger partial charge is 0.233 e. The number of benzene rings is 1. The lowest BCUT2D eigenvalue weighted by Crippen LogP contribution is -2.12. The minimum absolute atomic E-state index is 0.462. The molecule has 0 atom stereocenters. The van der Waals surface area contributed by atoms with Gasteiger partial charge in [-0.3, -0.25) is 0 Å². The predicted molar refractivity (Wildman–Crippen MR) is 88.6 cm³/mol. The molecule has 114 valence electrons. The number of hydrogen-bond acceptors (Lipinski definition) is 5. The van der Waals surface area contributed by atoms with Gasteiger partial charge < -0.3 is 9.64 Å². The van der Waals surface area contributed by atoms with Gasteiger partial charge in [-0.05, 0) is 31.5 Å². The third-order valence-corrected chi connectivity index (χ3v) is 2.94. The van der Waals surface area contributed by atoms with Gasteiger partial charge in [0.15, 0.2) is 5.82 Å². The van der Waals surface area contributed by atoms with Gasteiger partial charge in [-0.25, -0.2) is 9.98 Å². The maximum Gasteiger partial charge on any atom is 0.233 e. The molecule has 0 aliphatic rings. The first-order valence-electron chi connectivity index (χ1n) is 6.84. The van der Waals surface area contributed by atoms with E-state index in [0.717, 1.165) is 11.3 Å². The van der Waals surface area contributed by atoms with E-state index in [1.54, 1.807) is 36.8 Å². The van der Waals surface area contributed by atoms with Crippen LogP contribution in [0.25, 0.3) is 0 Å². The van der Waals surface area contributed by atoms with E-state index < -0.39 is 0 Å². The van der Waals surface area contributed by atoms with Crippen molar-refractivity contribution in [1.29, 1.82) is 0 Å². The van der Waals surface area contributed by atoms with Crippen LogP contribution in [0.2, 0.25) is 0 Å². The highest BCUT2D eigenvalue weighted by Gasteiger charge is 1.97. The molecular formula is C16H19N5O.